The molecule has 1 N–H and O–H groups in total. The molecule has 132 valence electrons. The number of rotatable bonds is 5. The second-order valence-corrected chi connectivity index (χ2v) is 8.19. The molecule has 1 saturated carbocycles. The highest BCUT2D eigenvalue weighted by molar-refractivity contribution is 7.99. The number of pyridine rings is 1. The van der Waals surface area contributed by atoms with Crippen molar-refractivity contribution >= 4 is 28.6 Å². The zero-order chi connectivity index (χ0) is 18.1. The molecule has 3 nitrogen and oxygen atoms in total. The summed E-state index contributed by atoms with van der Waals surface area (Å²) in [5.41, 5.74) is 2.89. The maximum atomic E-state index is 12.7. The first kappa shape index (κ1) is 17.1. The van der Waals surface area contributed by atoms with Crippen LogP contribution in [0.2, 0.25) is 0 Å². The molecular formula is C22H22N2OS. The van der Waals surface area contributed by atoms with E-state index < -0.39 is 0 Å². The molecule has 0 unspecified atom stereocenters. The van der Waals surface area contributed by atoms with Crippen LogP contribution in [0.3, 0.4) is 0 Å². The first-order chi connectivity index (χ1) is 12.6. The van der Waals surface area contributed by atoms with Crippen LogP contribution >= 0.6 is 11.8 Å². The molecule has 1 aliphatic carbocycles. The summed E-state index contributed by atoms with van der Waals surface area (Å²) < 4.78 is 0. The third kappa shape index (κ3) is 3.75. The first-order valence-electron chi connectivity index (χ1n) is 9.08. The van der Waals surface area contributed by atoms with E-state index in [-0.39, 0.29) is 5.91 Å². The van der Waals surface area contributed by atoms with E-state index in [1.807, 2.05) is 30.3 Å². The smallest absolute Gasteiger partial charge is 0.252 e. The van der Waals surface area contributed by atoms with Crippen LogP contribution in [0.15, 0.2) is 64.5 Å². The molecule has 4 heteroatoms. The van der Waals surface area contributed by atoms with E-state index in [0.717, 1.165) is 33.7 Å². The number of hydrogen-bond donors (Lipinski definition) is 1. The fourth-order valence-corrected chi connectivity index (χ4v) is 3.76. The highest BCUT2D eigenvalue weighted by atomic mass is 32.2. The van der Waals surface area contributed by atoms with Crippen LogP contribution in [0, 0.1) is 0 Å². The Balaban J connectivity index is 1.67. The van der Waals surface area contributed by atoms with Gasteiger partial charge in [-0.2, -0.15) is 0 Å². The van der Waals surface area contributed by atoms with E-state index in [9.17, 15) is 4.79 Å². The summed E-state index contributed by atoms with van der Waals surface area (Å²) in [6.07, 6.45) is 2.16. The average molecular weight is 362 g/mol. The molecule has 26 heavy (non-hydrogen) atoms. The molecule has 0 atom stereocenters. The fraction of sp³-hybridized carbons (Fsp3) is 0.273. The molecule has 0 bridgehead atoms. The summed E-state index contributed by atoms with van der Waals surface area (Å²) in [5, 5.41) is 4.85. The Hall–Kier alpha value is -2.33. The number of nitrogens with one attached hydrogen (secondary N) is 1. The van der Waals surface area contributed by atoms with Crippen LogP contribution in [-0.4, -0.2) is 16.9 Å². The van der Waals surface area contributed by atoms with E-state index >= 15 is 0 Å². The molecule has 2 aromatic carbocycles. The minimum Gasteiger partial charge on any atom is -0.349 e. The molecule has 0 spiro atoms. The van der Waals surface area contributed by atoms with Crippen molar-refractivity contribution in [1.82, 2.24) is 10.3 Å². The summed E-state index contributed by atoms with van der Waals surface area (Å²) in [4.78, 5) is 18.6. The SMILES string of the molecule is CC(C)c1ccc(Sc2cc(C(=O)NC3CC3)c3ccccc3n2)cc1. The van der Waals surface area contributed by atoms with Crippen LogP contribution in [0.5, 0.6) is 0 Å². The average Bonchev–Trinajstić information content (AvgIpc) is 3.45. The molecule has 1 heterocycles. The van der Waals surface area contributed by atoms with Gasteiger partial charge in [0, 0.05) is 16.3 Å². The Labute approximate surface area is 158 Å². The van der Waals surface area contributed by atoms with Crippen molar-refractivity contribution in [2.75, 3.05) is 0 Å². The number of benzene rings is 2. The topological polar surface area (TPSA) is 42.0 Å². The number of para-hydroxylation sites is 1. The lowest BCUT2D eigenvalue weighted by atomic mass is 10.0. The number of nitrogens with zero attached hydrogens (tertiary/aromatic N) is 1. The van der Waals surface area contributed by atoms with Gasteiger partial charge >= 0.3 is 0 Å². The van der Waals surface area contributed by atoms with Crippen molar-refractivity contribution in [2.24, 2.45) is 0 Å². The zero-order valence-electron chi connectivity index (χ0n) is 15.0. The van der Waals surface area contributed by atoms with Crippen molar-refractivity contribution in [3.63, 3.8) is 0 Å². The summed E-state index contributed by atoms with van der Waals surface area (Å²) in [7, 11) is 0. The van der Waals surface area contributed by atoms with Gasteiger partial charge in [0.15, 0.2) is 0 Å². The van der Waals surface area contributed by atoms with Crippen LogP contribution in [0.25, 0.3) is 10.9 Å². The zero-order valence-corrected chi connectivity index (χ0v) is 15.8. The Kier molecular flexibility index (Phi) is 4.68. The third-order valence-electron chi connectivity index (χ3n) is 4.62. The van der Waals surface area contributed by atoms with Gasteiger partial charge < -0.3 is 5.32 Å². The van der Waals surface area contributed by atoms with E-state index in [4.69, 9.17) is 4.98 Å². The molecule has 0 aliphatic heterocycles. The van der Waals surface area contributed by atoms with Gasteiger partial charge in [-0.15, -0.1) is 0 Å². The minimum atomic E-state index is 0.00288. The van der Waals surface area contributed by atoms with Gasteiger partial charge in [-0.05, 0) is 48.6 Å². The van der Waals surface area contributed by atoms with Gasteiger partial charge in [0.1, 0.15) is 5.03 Å². The second-order valence-electron chi connectivity index (χ2n) is 7.10. The van der Waals surface area contributed by atoms with Gasteiger partial charge in [-0.1, -0.05) is 55.9 Å². The maximum absolute atomic E-state index is 12.7. The van der Waals surface area contributed by atoms with Gasteiger partial charge in [0.2, 0.25) is 0 Å². The molecule has 1 amide bonds. The highest BCUT2D eigenvalue weighted by Crippen LogP contribution is 2.31. The molecule has 1 fully saturated rings. The van der Waals surface area contributed by atoms with Crippen molar-refractivity contribution in [1.29, 1.82) is 0 Å². The van der Waals surface area contributed by atoms with Crippen LogP contribution < -0.4 is 5.32 Å². The molecule has 1 aromatic heterocycles. The number of hydrogen-bond acceptors (Lipinski definition) is 3. The molecule has 0 radical (unpaired) electrons. The van der Waals surface area contributed by atoms with Crippen molar-refractivity contribution < 1.29 is 4.79 Å². The lowest BCUT2D eigenvalue weighted by Gasteiger charge is -2.10. The van der Waals surface area contributed by atoms with Crippen LogP contribution in [0.4, 0.5) is 0 Å². The lowest BCUT2D eigenvalue weighted by Crippen LogP contribution is -2.25. The van der Waals surface area contributed by atoms with Crippen LogP contribution in [-0.2, 0) is 0 Å². The number of aromatic nitrogens is 1. The summed E-state index contributed by atoms with van der Waals surface area (Å²) in [6, 6.07) is 18.7. The van der Waals surface area contributed by atoms with E-state index in [2.05, 4.69) is 43.4 Å². The monoisotopic (exact) mass is 362 g/mol. The van der Waals surface area contributed by atoms with Gasteiger partial charge in [0.05, 0.1) is 11.1 Å². The largest absolute Gasteiger partial charge is 0.349 e. The number of amides is 1. The normalized spacial score (nSPS) is 14.0. The second kappa shape index (κ2) is 7.12. The summed E-state index contributed by atoms with van der Waals surface area (Å²) >= 11 is 1.60. The van der Waals surface area contributed by atoms with Gasteiger partial charge in [0.25, 0.3) is 5.91 Å². The van der Waals surface area contributed by atoms with Crippen molar-refractivity contribution in [3.8, 4) is 0 Å². The molecule has 3 aromatic rings. The molecule has 1 aliphatic rings. The van der Waals surface area contributed by atoms with Gasteiger partial charge in [-0.3, -0.25) is 4.79 Å². The third-order valence-corrected chi connectivity index (χ3v) is 5.55. The lowest BCUT2D eigenvalue weighted by molar-refractivity contribution is 0.0952. The molecular weight excluding hydrogens is 340 g/mol. The molecule has 4 rings (SSSR count). The summed E-state index contributed by atoms with van der Waals surface area (Å²) in [6.45, 7) is 4.38. The standard InChI is InChI=1S/C22H22N2OS/c1-14(2)15-7-11-17(12-8-15)26-21-13-19(22(25)23-16-9-10-16)18-5-3-4-6-20(18)24-21/h3-8,11-14,16H,9-10H2,1-2H3,(H,23,25). The Bertz CT molecular complexity index is 946. The van der Waals surface area contributed by atoms with Crippen molar-refractivity contribution in [2.45, 2.75) is 48.6 Å². The Morgan fingerprint density at radius 1 is 1.12 bits per heavy atom. The minimum absolute atomic E-state index is 0.00288. The van der Waals surface area contributed by atoms with Gasteiger partial charge in [-0.25, -0.2) is 4.98 Å². The predicted octanol–water partition coefficient (Wildman–Crippen LogP) is 5.40. The van der Waals surface area contributed by atoms with E-state index in [0.29, 0.717) is 17.5 Å². The van der Waals surface area contributed by atoms with E-state index in [1.165, 1.54) is 5.56 Å². The van der Waals surface area contributed by atoms with Crippen molar-refractivity contribution in [3.05, 3.63) is 65.7 Å². The first-order valence-corrected chi connectivity index (χ1v) is 9.90. The number of fused-ring (bicyclic) bond motifs is 1. The fourth-order valence-electron chi connectivity index (χ4n) is 2.92. The number of carbonyl (C=O) groups excluding carboxylic acids is 1. The molecule has 0 saturated heterocycles. The Morgan fingerprint density at radius 3 is 2.54 bits per heavy atom. The highest BCUT2D eigenvalue weighted by Gasteiger charge is 2.25. The quantitative estimate of drug-likeness (QED) is 0.660. The van der Waals surface area contributed by atoms with E-state index in [1.54, 1.807) is 11.8 Å². The Morgan fingerprint density at radius 2 is 1.85 bits per heavy atom. The predicted molar refractivity (Wildman–Crippen MR) is 107 cm³/mol. The summed E-state index contributed by atoms with van der Waals surface area (Å²) in [5.74, 6) is 0.522. The van der Waals surface area contributed by atoms with Crippen LogP contribution in [0.1, 0.15) is 48.5 Å². The number of carbonyl (C=O) groups is 1. The maximum Gasteiger partial charge on any atom is 0.252 e.